The summed E-state index contributed by atoms with van der Waals surface area (Å²) in [5, 5.41) is 10.1. The first-order chi connectivity index (χ1) is 7.20. The maximum absolute atomic E-state index is 12.0. The Hall–Kier alpha value is -0.570. The van der Waals surface area contributed by atoms with Gasteiger partial charge in [0.05, 0.1) is 0 Å². The van der Waals surface area contributed by atoms with Crippen LogP contribution in [0.3, 0.4) is 0 Å². The Bertz CT molecular complexity index is 343. The van der Waals surface area contributed by atoms with Crippen LogP contribution in [0.2, 0.25) is 0 Å². The number of aliphatic hydroxyl groups is 1. The standard InChI is InChI=1S/C12H17NO2/c1-13-11(14)9-7-4-8(10(9)12(13)15)6-3-2-5(6)7/h5-11,14H,2-4H2,1H3/t5?,6-,7?,8?,9?,10?,11-/m1/s1. The van der Waals surface area contributed by atoms with Crippen LogP contribution < -0.4 is 0 Å². The van der Waals surface area contributed by atoms with E-state index in [2.05, 4.69) is 0 Å². The lowest BCUT2D eigenvalue weighted by molar-refractivity contribution is -0.135. The number of rotatable bonds is 0. The van der Waals surface area contributed by atoms with Crippen molar-refractivity contribution in [1.29, 1.82) is 0 Å². The average molecular weight is 207 g/mol. The quantitative estimate of drug-likeness (QED) is 0.634. The number of hydrogen-bond donors (Lipinski definition) is 1. The van der Waals surface area contributed by atoms with E-state index < -0.39 is 6.23 Å². The maximum atomic E-state index is 12.0. The van der Waals surface area contributed by atoms with Crippen molar-refractivity contribution in [2.75, 3.05) is 7.05 Å². The van der Waals surface area contributed by atoms with Gasteiger partial charge < -0.3 is 10.0 Å². The van der Waals surface area contributed by atoms with Crippen LogP contribution in [0.5, 0.6) is 0 Å². The van der Waals surface area contributed by atoms with Crippen molar-refractivity contribution in [3.05, 3.63) is 0 Å². The first-order valence-electron chi connectivity index (χ1n) is 6.15. The Morgan fingerprint density at radius 2 is 1.87 bits per heavy atom. The van der Waals surface area contributed by atoms with Gasteiger partial charge in [-0.15, -0.1) is 0 Å². The minimum absolute atomic E-state index is 0.177. The van der Waals surface area contributed by atoms with Crippen molar-refractivity contribution in [1.82, 2.24) is 4.90 Å². The van der Waals surface area contributed by atoms with E-state index in [1.165, 1.54) is 19.3 Å². The molecule has 3 aliphatic carbocycles. The van der Waals surface area contributed by atoms with Crippen LogP contribution in [-0.4, -0.2) is 29.2 Å². The highest BCUT2D eigenvalue weighted by molar-refractivity contribution is 5.82. The Morgan fingerprint density at radius 1 is 1.20 bits per heavy atom. The van der Waals surface area contributed by atoms with Gasteiger partial charge in [-0.2, -0.15) is 0 Å². The number of fused-ring (bicyclic) bond motifs is 8. The number of nitrogens with zero attached hydrogens (tertiary/aromatic N) is 1. The lowest BCUT2D eigenvalue weighted by atomic mass is 9.59. The predicted octanol–water partition coefficient (Wildman–Crippen LogP) is 0.685. The molecule has 3 heteroatoms. The average Bonchev–Trinajstić information content (AvgIpc) is 2.69. The lowest BCUT2D eigenvalue weighted by Crippen LogP contribution is -2.42. The molecule has 82 valence electrons. The van der Waals surface area contributed by atoms with Crippen LogP contribution in [0, 0.1) is 35.5 Å². The first kappa shape index (κ1) is 8.57. The van der Waals surface area contributed by atoms with Gasteiger partial charge in [0.1, 0.15) is 6.23 Å². The van der Waals surface area contributed by atoms with Crippen molar-refractivity contribution in [3.63, 3.8) is 0 Å². The molecule has 3 nitrogen and oxygen atoms in total. The van der Waals surface area contributed by atoms with E-state index in [-0.39, 0.29) is 17.7 Å². The Labute approximate surface area is 89.4 Å². The summed E-state index contributed by atoms with van der Waals surface area (Å²) in [6, 6.07) is 0. The molecule has 1 saturated heterocycles. The molecule has 0 aromatic heterocycles. The number of carbonyl (C=O) groups is 1. The summed E-state index contributed by atoms with van der Waals surface area (Å²) in [6.07, 6.45) is 3.42. The molecule has 1 N–H and O–H groups in total. The molecule has 2 bridgehead atoms. The summed E-state index contributed by atoms with van der Waals surface area (Å²) >= 11 is 0. The van der Waals surface area contributed by atoms with Crippen LogP contribution >= 0.6 is 0 Å². The third-order valence-electron chi connectivity index (χ3n) is 5.77. The predicted molar refractivity (Wildman–Crippen MR) is 53.6 cm³/mol. The maximum Gasteiger partial charge on any atom is 0.228 e. The SMILES string of the molecule is CN1C(=O)C2C3CC(C4CC[C@H]43)C2[C@H]1O. The molecular weight excluding hydrogens is 190 g/mol. The van der Waals surface area contributed by atoms with Gasteiger partial charge in [-0.25, -0.2) is 0 Å². The molecule has 4 rings (SSSR count). The highest BCUT2D eigenvalue weighted by Crippen LogP contribution is 2.67. The van der Waals surface area contributed by atoms with Crippen molar-refractivity contribution in [2.45, 2.75) is 25.5 Å². The smallest absolute Gasteiger partial charge is 0.228 e. The number of carbonyl (C=O) groups excluding carboxylic acids is 1. The third kappa shape index (κ3) is 0.748. The molecular formula is C12H17NO2. The second kappa shape index (κ2) is 2.40. The summed E-state index contributed by atoms with van der Waals surface area (Å²) in [6.45, 7) is 0. The summed E-state index contributed by atoms with van der Waals surface area (Å²) in [4.78, 5) is 13.6. The molecule has 1 amide bonds. The van der Waals surface area contributed by atoms with E-state index in [9.17, 15) is 9.90 Å². The summed E-state index contributed by atoms with van der Waals surface area (Å²) in [5.74, 6) is 3.62. The molecule has 0 spiro atoms. The number of hydrogen-bond acceptors (Lipinski definition) is 2. The van der Waals surface area contributed by atoms with Gasteiger partial charge in [-0.1, -0.05) is 0 Å². The number of amides is 1. The Balaban J connectivity index is 1.76. The highest BCUT2D eigenvalue weighted by Gasteiger charge is 2.67. The third-order valence-corrected chi connectivity index (χ3v) is 5.77. The molecule has 0 aromatic carbocycles. The summed E-state index contributed by atoms with van der Waals surface area (Å²) < 4.78 is 0. The fraction of sp³-hybridized carbons (Fsp3) is 0.917. The van der Waals surface area contributed by atoms with E-state index in [1.54, 1.807) is 11.9 Å². The van der Waals surface area contributed by atoms with Crippen molar-refractivity contribution >= 4 is 5.91 Å². The van der Waals surface area contributed by atoms with Crippen LogP contribution in [0.25, 0.3) is 0 Å². The van der Waals surface area contributed by atoms with Gasteiger partial charge >= 0.3 is 0 Å². The van der Waals surface area contributed by atoms with Gasteiger partial charge in [0.2, 0.25) is 5.91 Å². The zero-order valence-corrected chi connectivity index (χ0v) is 8.97. The van der Waals surface area contributed by atoms with Gasteiger partial charge in [0.15, 0.2) is 0 Å². The van der Waals surface area contributed by atoms with Crippen molar-refractivity contribution in [3.8, 4) is 0 Å². The minimum Gasteiger partial charge on any atom is -0.373 e. The Morgan fingerprint density at radius 3 is 2.53 bits per heavy atom. The van der Waals surface area contributed by atoms with Crippen molar-refractivity contribution in [2.24, 2.45) is 35.5 Å². The molecule has 15 heavy (non-hydrogen) atoms. The van der Waals surface area contributed by atoms with Crippen LogP contribution in [0.1, 0.15) is 19.3 Å². The van der Waals surface area contributed by atoms with E-state index in [0.29, 0.717) is 11.8 Å². The first-order valence-corrected chi connectivity index (χ1v) is 6.15. The van der Waals surface area contributed by atoms with Gasteiger partial charge in [-0.3, -0.25) is 4.79 Å². The second-order valence-electron chi connectivity index (χ2n) is 5.93. The lowest BCUT2D eigenvalue weighted by Gasteiger charge is -2.44. The summed E-state index contributed by atoms with van der Waals surface area (Å²) in [7, 11) is 1.76. The van der Waals surface area contributed by atoms with E-state index in [0.717, 1.165) is 11.8 Å². The normalized spacial score (nSPS) is 60.5. The summed E-state index contributed by atoms with van der Waals surface area (Å²) in [5.41, 5.74) is 0. The van der Waals surface area contributed by atoms with Crippen LogP contribution in [0.4, 0.5) is 0 Å². The molecule has 5 unspecified atom stereocenters. The highest BCUT2D eigenvalue weighted by atomic mass is 16.3. The molecule has 1 heterocycles. The minimum atomic E-state index is -0.487. The molecule has 1 aliphatic heterocycles. The molecule has 0 aromatic rings. The monoisotopic (exact) mass is 207 g/mol. The topological polar surface area (TPSA) is 40.5 Å². The molecule has 3 saturated carbocycles. The Kier molecular flexibility index (Phi) is 1.37. The van der Waals surface area contributed by atoms with Gasteiger partial charge in [0, 0.05) is 18.9 Å². The number of likely N-dealkylation sites (tertiary alicyclic amines) is 1. The van der Waals surface area contributed by atoms with E-state index in [4.69, 9.17) is 0 Å². The van der Waals surface area contributed by atoms with E-state index >= 15 is 0 Å². The van der Waals surface area contributed by atoms with Crippen LogP contribution in [-0.2, 0) is 4.79 Å². The van der Waals surface area contributed by atoms with E-state index in [1.807, 2.05) is 0 Å². The largest absolute Gasteiger partial charge is 0.373 e. The molecule has 4 fully saturated rings. The van der Waals surface area contributed by atoms with Gasteiger partial charge in [0.25, 0.3) is 0 Å². The zero-order chi connectivity index (χ0) is 10.3. The zero-order valence-electron chi connectivity index (χ0n) is 8.97. The molecule has 4 aliphatic rings. The van der Waals surface area contributed by atoms with Crippen molar-refractivity contribution < 1.29 is 9.90 Å². The second-order valence-corrected chi connectivity index (χ2v) is 5.93. The van der Waals surface area contributed by atoms with Crippen LogP contribution in [0.15, 0.2) is 0 Å². The van der Waals surface area contributed by atoms with Gasteiger partial charge in [-0.05, 0) is 42.9 Å². The fourth-order valence-corrected chi connectivity index (χ4v) is 5.06. The molecule has 0 radical (unpaired) electrons. The fourth-order valence-electron chi connectivity index (χ4n) is 5.06. The molecule has 7 atom stereocenters. The number of aliphatic hydroxyl groups excluding tert-OH is 1.